The van der Waals surface area contributed by atoms with Crippen LogP contribution in [0.5, 0.6) is 0 Å². The monoisotopic (exact) mass is 337 g/mol. The molecule has 1 atom stereocenters. The number of aliphatic carboxylic acids is 1. The first-order valence-corrected chi connectivity index (χ1v) is 7.50. The van der Waals surface area contributed by atoms with Gasteiger partial charge in [0, 0.05) is 24.7 Å². The molecule has 0 aromatic heterocycles. The summed E-state index contributed by atoms with van der Waals surface area (Å²) in [7, 11) is 0. The fourth-order valence-electron chi connectivity index (χ4n) is 2.47. The van der Waals surface area contributed by atoms with Crippen molar-refractivity contribution in [1.29, 1.82) is 0 Å². The Morgan fingerprint density at radius 3 is 2.54 bits per heavy atom. The van der Waals surface area contributed by atoms with Crippen LogP contribution in [0, 0.1) is 10.1 Å². The number of carboxylic acids is 1. The summed E-state index contributed by atoms with van der Waals surface area (Å²) in [6.07, 6.45) is 1.92. The summed E-state index contributed by atoms with van der Waals surface area (Å²) in [5.41, 5.74) is -1.79. The Balaban J connectivity index is 2.18. The van der Waals surface area contributed by atoms with Crippen molar-refractivity contribution >= 4 is 23.3 Å². The fourth-order valence-corrected chi connectivity index (χ4v) is 2.47. The molecular weight excluding hydrogens is 318 g/mol. The third-order valence-corrected chi connectivity index (χ3v) is 3.93. The van der Waals surface area contributed by atoms with Gasteiger partial charge in [0.2, 0.25) is 0 Å². The van der Waals surface area contributed by atoms with Crippen molar-refractivity contribution in [3.05, 3.63) is 33.9 Å². The molecule has 1 fully saturated rings. The number of benzene rings is 1. The van der Waals surface area contributed by atoms with Crippen LogP contribution in [0.2, 0.25) is 0 Å². The largest absolute Gasteiger partial charge is 0.479 e. The Bertz CT molecular complexity index is 667. The van der Waals surface area contributed by atoms with Crippen LogP contribution in [0.4, 0.5) is 11.4 Å². The standard InChI is InChI=1S/C15H19N3O6/c1-15(22,14(20)21)9-16-13(19)10-4-5-11(12(8-10)18(23)24)17-6-2-3-7-17/h4-5,8,22H,2-3,6-7,9H2,1H3,(H,16,19)(H,20,21). The number of nitro benzene ring substituents is 1. The minimum atomic E-state index is -2.11. The summed E-state index contributed by atoms with van der Waals surface area (Å²) in [4.78, 5) is 35.5. The lowest BCUT2D eigenvalue weighted by molar-refractivity contribution is -0.384. The van der Waals surface area contributed by atoms with Crippen molar-refractivity contribution in [2.75, 3.05) is 24.5 Å². The zero-order valence-corrected chi connectivity index (χ0v) is 13.2. The minimum Gasteiger partial charge on any atom is -0.479 e. The summed E-state index contributed by atoms with van der Waals surface area (Å²) in [5, 5.41) is 32.0. The number of carbonyl (C=O) groups excluding carboxylic acids is 1. The molecule has 1 aliphatic rings. The van der Waals surface area contributed by atoms with Crippen molar-refractivity contribution in [2.24, 2.45) is 0 Å². The maximum atomic E-state index is 12.1. The third kappa shape index (κ3) is 3.80. The molecule has 130 valence electrons. The van der Waals surface area contributed by atoms with E-state index in [4.69, 9.17) is 5.11 Å². The van der Waals surface area contributed by atoms with Gasteiger partial charge in [-0.25, -0.2) is 4.79 Å². The average molecular weight is 337 g/mol. The van der Waals surface area contributed by atoms with E-state index < -0.39 is 28.9 Å². The first-order chi connectivity index (χ1) is 11.2. The quantitative estimate of drug-likeness (QED) is 0.515. The van der Waals surface area contributed by atoms with Gasteiger partial charge in [-0.3, -0.25) is 14.9 Å². The van der Waals surface area contributed by atoms with Crippen LogP contribution < -0.4 is 10.2 Å². The normalized spacial score (nSPS) is 16.5. The van der Waals surface area contributed by atoms with Crippen LogP contribution in [0.1, 0.15) is 30.1 Å². The number of nitrogens with zero attached hydrogens (tertiary/aromatic N) is 2. The van der Waals surface area contributed by atoms with Crippen molar-refractivity contribution in [3.63, 3.8) is 0 Å². The first-order valence-electron chi connectivity index (χ1n) is 7.50. The molecule has 1 aliphatic heterocycles. The van der Waals surface area contributed by atoms with Crippen molar-refractivity contribution in [3.8, 4) is 0 Å². The van der Waals surface area contributed by atoms with E-state index in [-0.39, 0.29) is 11.3 Å². The van der Waals surface area contributed by atoms with Gasteiger partial charge in [0.15, 0.2) is 5.60 Å². The Labute approximate surface area is 138 Å². The molecule has 1 amide bonds. The molecule has 0 spiro atoms. The Hall–Kier alpha value is -2.68. The van der Waals surface area contributed by atoms with Gasteiger partial charge in [-0.05, 0) is 31.9 Å². The molecule has 0 radical (unpaired) electrons. The van der Waals surface area contributed by atoms with E-state index in [1.807, 2.05) is 4.90 Å². The van der Waals surface area contributed by atoms with Crippen LogP contribution in [0.3, 0.4) is 0 Å². The first kappa shape index (κ1) is 17.7. The van der Waals surface area contributed by atoms with Gasteiger partial charge in [0.25, 0.3) is 11.6 Å². The lowest BCUT2D eigenvalue weighted by atomic mass is 10.1. The van der Waals surface area contributed by atoms with Crippen LogP contribution in [0.25, 0.3) is 0 Å². The molecule has 1 unspecified atom stereocenters. The highest BCUT2D eigenvalue weighted by atomic mass is 16.6. The van der Waals surface area contributed by atoms with Gasteiger partial charge < -0.3 is 20.4 Å². The molecule has 0 aliphatic carbocycles. The van der Waals surface area contributed by atoms with Crippen LogP contribution in [0.15, 0.2) is 18.2 Å². The van der Waals surface area contributed by atoms with Crippen molar-refractivity contribution in [2.45, 2.75) is 25.4 Å². The molecule has 0 bridgehead atoms. The SMILES string of the molecule is CC(O)(CNC(=O)c1ccc(N2CCCC2)c([N+](=O)[O-])c1)C(=O)O. The van der Waals surface area contributed by atoms with Gasteiger partial charge in [-0.15, -0.1) is 0 Å². The van der Waals surface area contributed by atoms with Crippen molar-refractivity contribution < 1.29 is 24.7 Å². The zero-order valence-electron chi connectivity index (χ0n) is 13.2. The summed E-state index contributed by atoms with van der Waals surface area (Å²) in [6.45, 7) is 2.00. The van der Waals surface area contributed by atoms with Gasteiger partial charge in [0.1, 0.15) is 5.69 Å². The van der Waals surface area contributed by atoms with E-state index in [0.29, 0.717) is 5.69 Å². The van der Waals surface area contributed by atoms with Crippen LogP contribution in [-0.2, 0) is 4.79 Å². The molecule has 1 aromatic rings. The molecule has 2 rings (SSSR count). The molecule has 0 saturated carbocycles. The maximum absolute atomic E-state index is 12.1. The lowest BCUT2D eigenvalue weighted by Crippen LogP contribution is -2.46. The number of amides is 1. The number of hydrogen-bond donors (Lipinski definition) is 3. The summed E-state index contributed by atoms with van der Waals surface area (Å²) in [6, 6.07) is 4.14. The minimum absolute atomic E-state index is 0.0332. The molecule has 1 heterocycles. The Kier molecular flexibility index (Phi) is 5.03. The molecule has 1 aromatic carbocycles. The predicted octanol–water partition coefficient (Wildman–Crippen LogP) is 0.760. The lowest BCUT2D eigenvalue weighted by Gasteiger charge is -2.19. The van der Waals surface area contributed by atoms with Crippen LogP contribution >= 0.6 is 0 Å². The number of hydrogen-bond acceptors (Lipinski definition) is 6. The number of aliphatic hydroxyl groups is 1. The maximum Gasteiger partial charge on any atom is 0.337 e. The van der Waals surface area contributed by atoms with E-state index in [1.54, 1.807) is 0 Å². The van der Waals surface area contributed by atoms with Gasteiger partial charge in [-0.1, -0.05) is 0 Å². The van der Waals surface area contributed by atoms with E-state index >= 15 is 0 Å². The second-order valence-corrected chi connectivity index (χ2v) is 5.92. The number of nitrogens with one attached hydrogen (secondary N) is 1. The summed E-state index contributed by atoms with van der Waals surface area (Å²) < 4.78 is 0. The van der Waals surface area contributed by atoms with Gasteiger partial charge in [-0.2, -0.15) is 0 Å². The summed E-state index contributed by atoms with van der Waals surface area (Å²) in [5.74, 6) is -2.16. The van der Waals surface area contributed by atoms with Crippen LogP contribution in [-0.4, -0.2) is 52.2 Å². The predicted molar refractivity (Wildman–Crippen MR) is 85.1 cm³/mol. The second-order valence-electron chi connectivity index (χ2n) is 5.92. The highest BCUT2D eigenvalue weighted by molar-refractivity contribution is 5.96. The topological polar surface area (TPSA) is 133 Å². The zero-order chi connectivity index (χ0) is 17.9. The third-order valence-electron chi connectivity index (χ3n) is 3.93. The highest BCUT2D eigenvalue weighted by Crippen LogP contribution is 2.31. The number of nitro groups is 1. The Morgan fingerprint density at radius 2 is 2.00 bits per heavy atom. The van der Waals surface area contributed by atoms with Crippen molar-refractivity contribution in [1.82, 2.24) is 5.32 Å². The molecule has 9 nitrogen and oxygen atoms in total. The van der Waals surface area contributed by atoms with E-state index in [1.165, 1.54) is 18.2 Å². The molecular formula is C15H19N3O6. The fraction of sp³-hybridized carbons (Fsp3) is 0.467. The van der Waals surface area contributed by atoms with Gasteiger partial charge in [0.05, 0.1) is 11.5 Å². The Morgan fingerprint density at radius 1 is 1.38 bits per heavy atom. The number of anilines is 1. The molecule has 1 saturated heterocycles. The highest BCUT2D eigenvalue weighted by Gasteiger charge is 2.31. The smallest absolute Gasteiger partial charge is 0.337 e. The molecule has 24 heavy (non-hydrogen) atoms. The van der Waals surface area contributed by atoms with E-state index in [0.717, 1.165) is 32.9 Å². The number of rotatable bonds is 6. The van der Waals surface area contributed by atoms with E-state index in [9.17, 15) is 24.8 Å². The average Bonchev–Trinajstić information content (AvgIpc) is 3.06. The number of carbonyl (C=O) groups is 2. The summed E-state index contributed by atoms with van der Waals surface area (Å²) >= 11 is 0. The molecule has 9 heteroatoms. The number of carboxylic acid groups (broad SMARTS) is 1. The molecule has 3 N–H and O–H groups in total. The second kappa shape index (κ2) is 6.83. The van der Waals surface area contributed by atoms with E-state index in [2.05, 4.69) is 5.32 Å². The van der Waals surface area contributed by atoms with Gasteiger partial charge >= 0.3 is 5.97 Å².